The lowest BCUT2D eigenvalue weighted by molar-refractivity contribution is 0.0865. The van der Waals surface area contributed by atoms with Crippen molar-refractivity contribution >= 4 is 5.82 Å². The number of rotatable bonds is 3. The summed E-state index contributed by atoms with van der Waals surface area (Å²) in [5, 5.41) is 18.5. The zero-order valence-corrected chi connectivity index (χ0v) is 9.28. The molecule has 0 amide bonds. The molecule has 0 fully saturated rings. The van der Waals surface area contributed by atoms with Gasteiger partial charge in [-0.15, -0.1) is 0 Å². The second-order valence-electron chi connectivity index (χ2n) is 4.35. The molecule has 6 heteroatoms. The molecule has 4 N–H and O–H groups in total. The molecule has 1 aromatic rings. The van der Waals surface area contributed by atoms with Crippen molar-refractivity contribution in [2.45, 2.75) is 12.5 Å². The van der Waals surface area contributed by atoms with E-state index in [0.717, 1.165) is 0 Å². The lowest BCUT2D eigenvalue weighted by Crippen LogP contribution is -2.30. The first-order valence-electron chi connectivity index (χ1n) is 5.36. The number of nitrogens with two attached hydrogens (primary N) is 1. The molecule has 1 aromatic heterocycles. The van der Waals surface area contributed by atoms with Crippen molar-refractivity contribution in [3.63, 3.8) is 0 Å². The fourth-order valence-corrected chi connectivity index (χ4v) is 2.02. The van der Waals surface area contributed by atoms with Crippen LogP contribution in [-0.4, -0.2) is 33.0 Å². The molecule has 1 atom stereocenters. The van der Waals surface area contributed by atoms with Gasteiger partial charge in [0.05, 0.1) is 19.3 Å². The van der Waals surface area contributed by atoms with Crippen LogP contribution in [0.2, 0.25) is 0 Å². The fourth-order valence-electron chi connectivity index (χ4n) is 2.02. The van der Waals surface area contributed by atoms with Crippen LogP contribution in [0.5, 0.6) is 0 Å². The molecule has 1 heterocycles. The van der Waals surface area contributed by atoms with Crippen molar-refractivity contribution in [3.05, 3.63) is 34.9 Å². The maximum absolute atomic E-state index is 11.6. The molecule has 0 radical (unpaired) electrons. The maximum atomic E-state index is 11.6. The fraction of sp³-hybridized carbons (Fsp3) is 0.455. The van der Waals surface area contributed by atoms with Gasteiger partial charge >= 0.3 is 5.69 Å². The first-order valence-corrected chi connectivity index (χ1v) is 5.36. The Labute approximate surface area is 98.0 Å². The molecule has 0 saturated heterocycles. The second kappa shape index (κ2) is 4.31. The standard InChI is InChI=1S/C11H15N3O3/c12-9-2-4-14(10(17)13-9)8-1-3-11(5-8,6-15)7-16/h1-4,8,15-16H,5-7H2,(H2,12,13,17). The Hall–Kier alpha value is -1.66. The van der Waals surface area contributed by atoms with Crippen molar-refractivity contribution in [2.75, 3.05) is 18.9 Å². The van der Waals surface area contributed by atoms with Crippen LogP contribution in [-0.2, 0) is 0 Å². The minimum atomic E-state index is -0.647. The number of aliphatic hydroxyl groups is 2. The minimum Gasteiger partial charge on any atom is -0.395 e. The average molecular weight is 237 g/mol. The van der Waals surface area contributed by atoms with Crippen LogP contribution in [0, 0.1) is 5.41 Å². The van der Waals surface area contributed by atoms with Gasteiger partial charge in [0.25, 0.3) is 0 Å². The SMILES string of the molecule is Nc1ccn(C2C=CC(CO)(CO)C2)c(=O)n1. The summed E-state index contributed by atoms with van der Waals surface area (Å²) in [6.45, 7) is -0.290. The Morgan fingerprint density at radius 3 is 2.76 bits per heavy atom. The summed E-state index contributed by atoms with van der Waals surface area (Å²) >= 11 is 0. The summed E-state index contributed by atoms with van der Waals surface area (Å²) < 4.78 is 1.44. The molecular formula is C11H15N3O3. The highest BCUT2D eigenvalue weighted by Gasteiger charge is 2.34. The molecule has 0 bridgehead atoms. The first-order chi connectivity index (χ1) is 8.10. The van der Waals surface area contributed by atoms with Crippen molar-refractivity contribution in [2.24, 2.45) is 5.41 Å². The van der Waals surface area contributed by atoms with Gasteiger partial charge in [-0.3, -0.25) is 4.57 Å². The van der Waals surface area contributed by atoms with E-state index in [1.165, 1.54) is 4.57 Å². The van der Waals surface area contributed by atoms with Crippen LogP contribution in [0.15, 0.2) is 29.2 Å². The van der Waals surface area contributed by atoms with Gasteiger partial charge in [-0.2, -0.15) is 4.98 Å². The van der Waals surface area contributed by atoms with E-state index in [4.69, 9.17) is 5.73 Å². The Kier molecular flexibility index (Phi) is 2.99. The third kappa shape index (κ3) is 2.09. The van der Waals surface area contributed by atoms with E-state index in [9.17, 15) is 15.0 Å². The highest BCUT2D eigenvalue weighted by Crippen LogP contribution is 2.36. The Bertz CT molecular complexity index is 491. The number of anilines is 1. The average Bonchev–Trinajstić information content (AvgIpc) is 2.74. The molecule has 0 spiro atoms. The summed E-state index contributed by atoms with van der Waals surface area (Å²) in [7, 11) is 0. The normalized spacial score (nSPS) is 21.9. The van der Waals surface area contributed by atoms with Gasteiger partial charge in [0.1, 0.15) is 5.82 Å². The summed E-state index contributed by atoms with van der Waals surface area (Å²) in [4.78, 5) is 15.3. The largest absolute Gasteiger partial charge is 0.395 e. The molecule has 0 saturated carbocycles. The number of allylic oxidation sites excluding steroid dienone is 1. The van der Waals surface area contributed by atoms with E-state index < -0.39 is 11.1 Å². The monoisotopic (exact) mass is 237 g/mol. The Morgan fingerprint density at radius 1 is 1.53 bits per heavy atom. The molecule has 17 heavy (non-hydrogen) atoms. The van der Waals surface area contributed by atoms with Crippen molar-refractivity contribution in [1.82, 2.24) is 9.55 Å². The van der Waals surface area contributed by atoms with Gasteiger partial charge in [0.2, 0.25) is 0 Å². The molecule has 0 aromatic carbocycles. The molecular weight excluding hydrogens is 222 g/mol. The van der Waals surface area contributed by atoms with E-state index in [0.29, 0.717) is 6.42 Å². The molecule has 1 aliphatic rings. The van der Waals surface area contributed by atoms with E-state index in [1.54, 1.807) is 24.4 Å². The third-order valence-corrected chi connectivity index (χ3v) is 3.13. The maximum Gasteiger partial charge on any atom is 0.350 e. The van der Waals surface area contributed by atoms with Crippen molar-refractivity contribution < 1.29 is 10.2 Å². The quantitative estimate of drug-likeness (QED) is 0.603. The summed E-state index contributed by atoms with van der Waals surface area (Å²) in [5.74, 6) is 0.184. The smallest absolute Gasteiger partial charge is 0.350 e. The van der Waals surface area contributed by atoms with Gasteiger partial charge < -0.3 is 15.9 Å². The molecule has 0 aliphatic heterocycles. The summed E-state index contributed by atoms with van der Waals surface area (Å²) in [6, 6.07) is 1.35. The van der Waals surface area contributed by atoms with Crippen LogP contribution in [0.1, 0.15) is 12.5 Å². The van der Waals surface area contributed by atoms with Crippen molar-refractivity contribution in [1.29, 1.82) is 0 Å². The van der Waals surface area contributed by atoms with Crippen LogP contribution < -0.4 is 11.4 Å². The number of hydrogen-bond donors (Lipinski definition) is 3. The van der Waals surface area contributed by atoms with Crippen molar-refractivity contribution in [3.8, 4) is 0 Å². The number of nitrogens with zero attached hydrogens (tertiary/aromatic N) is 2. The van der Waals surface area contributed by atoms with Gasteiger partial charge in [-0.25, -0.2) is 4.79 Å². The zero-order valence-electron chi connectivity index (χ0n) is 9.28. The first kappa shape index (κ1) is 11.8. The van der Waals surface area contributed by atoms with Crippen LogP contribution >= 0.6 is 0 Å². The van der Waals surface area contributed by atoms with E-state index in [1.807, 2.05) is 0 Å². The van der Waals surface area contributed by atoms with Crippen LogP contribution in [0.4, 0.5) is 5.82 Å². The lowest BCUT2D eigenvalue weighted by Gasteiger charge is -2.23. The summed E-state index contributed by atoms with van der Waals surface area (Å²) in [6.07, 6.45) is 5.60. The Balaban J connectivity index is 2.27. The summed E-state index contributed by atoms with van der Waals surface area (Å²) in [5.41, 5.74) is 4.34. The van der Waals surface area contributed by atoms with Gasteiger partial charge in [-0.05, 0) is 12.5 Å². The van der Waals surface area contributed by atoms with E-state index >= 15 is 0 Å². The predicted molar refractivity (Wildman–Crippen MR) is 62.3 cm³/mol. The molecule has 1 aliphatic carbocycles. The Morgan fingerprint density at radius 2 is 2.24 bits per heavy atom. The molecule has 92 valence electrons. The van der Waals surface area contributed by atoms with Crippen LogP contribution in [0.3, 0.4) is 0 Å². The third-order valence-electron chi connectivity index (χ3n) is 3.13. The topological polar surface area (TPSA) is 101 Å². The predicted octanol–water partition coefficient (Wildman–Crippen LogP) is -0.703. The molecule has 6 nitrogen and oxygen atoms in total. The number of hydrogen-bond acceptors (Lipinski definition) is 5. The highest BCUT2D eigenvalue weighted by molar-refractivity contribution is 5.24. The highest BCUT2D eigenvalue weighted by atomic mass is 16.3. The lowest BCUT2D eigenvalue weighted by atomic mass is 9.89. The van der Waals surface area contributed by atoms with E-state index in [2.05, 4.69) is 4.98 Å². The number of aromatic nitrogens is 2. The van der Waals surface area contributed by atoms with E-state index in [-0.39, 0.29) is 25.1 Å². The van der Waals surface area contributed by atoms with Gasteiger partial charge in [0, 0.05) is 11.6 Å². The molecule has 1 unspecified atom stereocenters. The second-order valence-corrected chi connectivity index (χ2v) is 4.35. The minimum absolute atomic E-state index is 0.145. The number of nitrogen functional groups attached to an aromatic ring is 1. The number of aliphatic hydroxyl groups excluding tert-OH is 2. The van der Waals surface area contributed by atoms with Crippen LogP contribution in [0.25, 0.3) is 0 Å². The van der Waals surface area contributed by atoms with Gasteiger partial charge in [0.15, 0.2) is 0 Å². The molecule has 2 rings (SSSR count). The zero-order chi connectivity index (χ0) is 12.5. The van der Waals surface area contributed by atoms with Gasteiger partial charge in [-0.1, -0.05) is 12.2 Å².